The van der Waals surface area contributed by atoms with Crippen LogP contribution in [0.15, 0.2) is 134 Å². The number of hydrogen-bond acceptors (Lipinski definition) is 13. The fraction of sp³-hybridized carbons (Fsp3) is 0.723. The smallest absolute Gasteiger partial charge is 0.220 e. The molecule has 12 atom stereocenters. The predicted molar refractivity (Wildman–Crippen MR) is 401 cm³/mol. The fourth-order valence-electron chi connectivity index (χ4n) is 11.9. The molecule has 2 aliphatic heterocycles. The Morgan fingerprint density at radius 2 is 0.722 bits per heavy atom. The van der Waals surface area contributed by atoms with Crippen LogP contribution in [-0.4, -0.2) is 140 Å². The molecule has 1 amide bonds. The van der Waals surface area contributed by atoms with E-state index in [2.05, 4.69) is 141 Å². The van der Waals surface area contributed by atoms with E-state index < -0.39 is 86.8 Å². The average Bonchev–Trinajstić information content (AvgIpc) is 0.794. The molecule has 0 bridgehead atoms. The van der Waals surface area contributed by atoms with Gasteiger partial charge in [-0.1, -0.05) is 308 Å². The summed E-state index contributed by atoms with van der Waals surface area (Å²) in [5.74, 6) is -0.258. The van der Waals surface area contributed by atoms with E-state index in [1.165, 1.54) is 154 Å². The largest absolute Gasteiger partial charge is 0.394 e. The maximum atomic E-state index is 13.4. The van der Waals surface area contributed by atoms with Crippen molar-refractivity contribution < 1.29 is 64.6 Å². The molecule has 2 fully saturated rings. The summed E-state index contributed by atoms with van der Waals surface area (Å²) < 4.78 is 22.9. The van der Waals surface area contributed by atoms with E-state index in [1.54, 1.807) is 6.08 Å². The van der Waals surface area contributed by atoms with E-state index in [0.29, 0.717) is 12.8 Å². The summed E-state index contributed by atoms with van der Waals surface area (Å²) in [7, 11) is 0. The molecule has 14 heteroatoms. The molecule has 0 aromatic rings. The van der Waals surface area contributed by atoms with Gasteiger partial charge in [-0.2, -0.15) is 0 Å². The standard InChI is InChI=1S/C83H141NO13/c1-3-5-7-9-11-13-15-17-19-21-23-25-27-29-31-32-33-34-35-36-37-38-39-40-41-43-45-47-49-51-53-55-57-59-61-63-65-67-75(88)84-71(70-94-82-80(93)78(91)81(74(69-86)96-82)97-83-79(92)77(90)76(89)73(68-85)95-83)72(87)66-64-62-60-58-56-54-52-50-48-46-44-42-30-28-26-24-22-20-18-16-14-12-10-8-6-4-2/h5,7,11,13,17,19,23,25,29,31,33-34,36-37,39-40,48,50,56,58,64,66,71-74,76-83,85-87,89-93H,3-4,6,8-10,12,14-16,18,20-22,24,26-28,30,32,35,38,41-47,49,51-55,57,59-63,65,67-70H2,1-2H3,(H,84,88)/b7-5-,13-11-,19-17-,25-23-,31-29-,34-33-,37-36-,40-39-,50-48+,58-56+,66-64+. The molecule has 556 valence electrons. The van der Waals surface area contributed by atoms with Crippen molar-refractivity contribution in [1.82, 2.24) is 5.32 Å². The molecular formula is C83H141NO13. The fourth-order valence-corrected chi connectivity index (χ4v) is 11.9. The first kappa shape index (κ1) is 89.2. The van der Waals surface area contributed by atoms with Crippen molar-refractivity contribution in [2.45, 2.75) is 364 Å². The van der Waals surface area contributed by atoms with Crippen molar-refractivity contribution in [3.05, 3.63) is 134 Å². The third-order valence-corrected chi connectivity index (χ3v) is 18.0. The lowest BCUT2D eigenvalue weighted by atomic mass is 9.97. The topological polar surface area (TPSA) is 228 Å². The summed E-state index contributed by atoms with van der Waals surface area (Å²) in [6.45, 7) is 2.68. The minimum Gasteiger partial charge on any atom is -0.394 e. The van der Waals surface area contributed by atoms with Crippen LogP contribution in [-0.2, 0) is 23.7 Å². The van der Waals surface area contributed by atoms with Crippen LogP contribution in [0.25, 0.3) is 0 Å². The Balaban J connectivity index is 1.66. The Hall–Kier alpha value is -3.87. The molecule has 0 aromatic carbocycles. The minimum absolute atomic E-state index is 0.258. The number of hydrogen-bond donors (Lipinski definition) is 9. The summed E-state index contributed by atoms with van der Waals surface area (Å²) in [5, 5.41) is 87.6. The van der Waals surface area contributed by atoms with Gasteiger partial charge < -0.3 is 65.1 Å². The van der Waals surface area contributed by atoms with Crippen molar-refractivity contribution in [3.63, 3.8) is 0 Å². The lowest BCUT2D eigenvalue weighted by Gasteiger charge is -2.46. The molecule has 2 saturated heterocycles. The van der Waals surface area contributed by atoms with Gasteiger partial charge in [0.1, 0.15) is 48.8 Å². The second-order valence-corrected chi connectivity index (χ2v) is 26.7. The quantitative estimate of drug-likeness (QED) is 0.0204. The summed E-state index contributed by atoms with van der Waals surface area (Å²) >= 11 is 0. The Bertz CT molecular complexity index is 2140. The normalized spacial score (nSPS) is 22.9. The monoisotopic (exact) mass is 1360 g/mol. The van der Waals surface area contributed by atoms with Gasteiger partial charge in [-0.3, -0.25) is 4.79 Å². The highest BCUT2D eigenvalue weighted by Crippen LogP contribution is 2.30. The number of ether oxygens (including phenoxy) is 4. The number of carbonyl (C=O) groups excluding carboxylic acids is 1. The number of amides is 1. The number of aliphatic hydroxyl groups excluding tert-OH is 8. The zero-order chi connectivity index (χ0) is 70.1. The third-order valence-electron chi connectivity index (χ3n) is 18.0. The minimum atomic E-state index is -1.80. The summed E-state index contributed by atoms with van der Waals surface area (Å²) in [5.41, 5.74) is 0. The van der Waals surface area contributed by atoms with Gasteiger partial charge in [-0.25, -0.2) is 0 Å². The molecule has 0 spiro atoms. The summed E-state index contributed by atoms with van der Waals surface area (Å²) in [6, 6.07) is -0.950. The second kappa shape index (κ2) is 65.4. The molecule has 2 rings (SSSR count). The third kappa shape index (κ3) is 48.6. The molecule has 0 saturated carbocycles. The van der Waals surface area contributed by atoms with Crippen LogP contribution in [0.3, 0.4) is 0 Å². The highest BCUT2D eigenvalue weighted by Gasteiger charge is 2.51. The first-order chi connectivity index (χ1) is 47.6. The van der Waals surface area contributed by atoms with Crippen LogP contribution in [0.2, 0.25) is 0 Å². The van der Waals surface area contributed by atoms with E-state index >= 15 is 0 Å². The SMILES string of the molecule is CC/C=C\C/C=C\C/C=C\C/C=C\C/C=C\C/C=C\C/C=C\C/C=C\CCCCCCCCCCCCCCC(=O)NC(COC1OC(CO)C(OC2OC(CO)C(O)C(O)C2O)C(O)C1O)C(O)/C=C/CC/C=C/CC/C=C/CCCCCCCCCCCCCCCCCC. The van der Waals surface area contributed by atoms with Crippen molar-refractivity contribution >= 4 is 5.91 Å². The molecule has 0 aromatic heterocycles. The van der Waals surface area contributed by atoms with Crippen LogP contribution in [0.5, 0.6) is 0 Å². The Labute approximate surface area is 590 Å². The van der Waals surface area contributed by atoms with Gasteiger partial charge in [0.15, 0.2) is 12.6 Å². The lowest BCUT2D eigenvalue weighted by Crippen LogP contribution is -2.65. The van der Waals surface area contributed by atoms with Crippen molar-refractivity contribution in [2.24, 2.45) is 0 Å². The maximum absolute atomic E-state index is 13.4. The molecule has 14 nitrogen and oxygen atoms in total. The van der Waals surface area contributed by atoms with Gasteiger partial charge in [-0.05, 0) is 109 Å². The zero-order valence-electron chi connectivity index (χ0n) is 60.8. The summed E-state index contributed by atoms with van der Waals surface area (Å²) in [4.78, 5) is 13.4. The maximum Gasteiger partial charge on any atom is 0.220 e. The number of carbonyl (C=O) groups is 1. The van der Waals surface area contributed by atoms with Crippen molar-refractivity contribution in [3.8, 4) is 0 Å². The zero-order valence-corrected chi connectivity index (χ0v) is 60.8. The number of nitrogens with one attached hydrogen (secondary N) is 1. The van der Waals surface area contributed by atoms with E-state index in [0.717, 1.165) is 103 Å². The molecular weight excluding hydrogens is 1220 g/mol. The Morgan fingerprint density at radius 1 is 0.381 bits per heavy atom. The highest BCUT2D eigenvalue weighted by atomic mass is 16.7. The van der Waals surface area contributed by atoms with Gasteiger partial charge in [0.25, 0.3) is 0 Å². The molecule has 0 radical (unpaired) electrons. The number of rotatable bonds is 63. The van der Waals surface area contributed by atoms with Gasteiger partial charge in [0.05, 0.1) is 32.0 Å². The second-order valence-electron chi connectivity index (χ2n) is 26.7. The number of allylic oxidation sites excluding steroid dienone is 21. The van der Waals surface area contributed by atoms with Crippen LogP contribution in [0, 0.1) is 0 Å². The van der Waals surface area contributed by atoms with E-state index in [9.17, 15) is 45.6 Å². The lowest BCUT2D eigenvalue weighted by molar-refractivity contribution is -0.359. The average molecular weight is 1360 g/mol. The highest BCUT2D eigenvalue weighted by molar-refractivity contribution is 5.76. The Kier molecular flexibility index (Phi) is 60.2. The van der Waals surface area contributed by atoms with Crippen molar-refractivity contribution in [1.29, 1.82) is 0 Å². The van der Waals surface area contributed by atoms with Crippen LogP contribution >= 0.6 is 0 Å². The first-order valence-electron chi connectivity index (χ1n) is 38.9. The molecule has 2 aliphatic rings. The molecule has 2 heterocycles. The van der Waals surface area contributed by atoms with Gasteiger partial charge in [0.2, 0.25) is 5.91 Å². The van der Waals surface area contributed by atoms with E-state index in [-0.39, 0.29) is 18.9 Å². The van der Waals surface area contributed by atoms with E-state index in [4.69, 9.17) is 18.9 Å². The van der Waals surface area contributed by atoms with Gasteiger partial charge >= 0.3 is 0 Å². The Morgan fingerprint density at radius 3 is 1.13 bits per heavy atom. The van der Waals surface area contributed by atoms with Crippen molar-refractivity contribution in [2.75, 3.05) is 19.8 Å². The predicted octanol–water partition coefficient (Wildman–Crippen LogP) is 17.4. The van der Waals surface area contributed by atoms with E-state index in [1.807, 2.05) is 6.08 Å². The van der Waals surface area contributed by atoms with Crippen LogP contribution in [0.1, 0.15) is 290 Å². The molecule has 0 aliphatic carbocycles. The summed E-state index contributed by atoms with van der Waals surface area (Å²) in [6.07, 6.45) is 80.9. The van der Waals surface area contributed by atoms with Crippen LogP contribution in [0.4, 0.5) is 0 Å². The molecule has 97 heavy (non-hydrogen) atoms. The number of aliphatic hydroxyl groups is 8. The van der Waals surface area contributed by atoms with Gasteiger partial charge in [-0.15, -0.1) is 0 Å². The van der Waals surface area contributed by atoms with Gasteiger partial charge in [0, 0.05) is 6.42 Å². The first-order valence-corrected chi connectivity index (χ1v) is 38.9. The van der Waals surface area contributed by atoms with Crippen LogP contribution < -0.4 is 5.32 Å². The number of unbranched alkanes of at least 4 members (excludes halogenated alkanes) is 30. The molecule has 9 N–H and O–H groups in total. The molecule has 12 unspecified atom stereocenters.